The third-order valence-electron chi connectivity index (χ3n) is 2.11. The second-order valence-corrected chi connectivity index (χ2v) is 3.34. The molecule has 0 N–H and O–H groups in total. The Morgan fingerprint density at radius 2 is 2.21 bits per heavy atom. The van der Waals surface area contributed by atoms with Crippen LogP contribution in [0.3, 0.4) is 0 Å². The Bertz CT molecular complexity index is 256. The number of aryl methyl sites for hydroxylation is 1. The van der Waals surface area contributed by atoms with Crippen molar-refractivity contribution in [2.24, 2.45) is 0 Å². The van der Waals surface area contributed by atoms with Crippen molar-refractivity contribution in [2.45, 2.75) is 39.3 Å². The van der Waals surface area contributed by atoms with E-state index >= 15 is 0 Å². The second kappa shape index (κ2) is 7.63. The van der Waals surface area contributed by atoms with Gasteiger partial charge in [-0.05, 0) is 12.8 Å². The Morgan fingerprint density at radius 3 is 2.86 bits per heavy atom. The van der Waals surface area contributed by atoms with Crippen molar-refractivity contribution in [1.82, 2.24) is 4.57 Å². The standard InChI is InChI=1S/C11H19N2.ClH/c1-3-5-6-8-13-10-9-12(11-13)7-4-2;/h4,9-11H,2-3,5-8H2,1H3;1H/q+1;/p-1. The highest BCUT2D eigenvalue weighted by atomic mass is 35.5. The molecule has 2 nitrogen and oxygen atoms in total. The minimum atomic E-state index is 0. The van der Waals surface area contributed by atoms with Crippen molar-refractivity contribution in [3.05, 3.63) is 31.4 Å². The molecule has 0 amide bonds. The van der Waals surface area contributed by atoms with Gasteiger partial charge in [-0.3, -0.25) is 0 Å². The Hall–Kier alpha value is -0.760. The van der Waals surface area contributed by atoms with E-state index in [-0.39, 0.29) is 12.4 Å². The van der Waals surface area contributed by atoms with E-state index in [9.17, 15) is 0 Å². The summed E-state index contributed by atoms with van der Waals surface area (Å²) in [4.78, 5) is 0. The molecule has 1 heterocycles. The average molecular weight is 215 g/mol. The zero-order chi connectivity index (χ0) is 9.52. The first-order valence-corrected chi connectivity index (χ1v) is 5.02. The molecule has 0 radical (unpaired) electrons. The Morgan fingerprint density at radius 1 is 1.43 bits per heavy atom. The van der Waals surface area contributed by atoms with Crippen LogP contribution in [0.4, 0.5) is 0 Å². The molecule has 1 aromatic rings. The first-order valence-electron chi connectivity index (χ1n) is 5.02. The molecular formula is C11H19ClN2. The molecule has 0 fully saturated rings. The number of hydrogen-bond acceptors (Lipinski definition) is 0. The molecule has 0 atom stereocenters. The smallest absolute Gasteiger partial charge is 0.244 e. The fourth-order valence-corrected chi connectivity index (χ4v) is 1.37. The van der Waals surface area contributed by atoms with Crippen LogP contribution in [0.15, 0.2) is 31.4 Å². The number of unbranched alkanes of at least 4 members (excludes halogenated alkanes) is 2. The maximum absolute atomic E-state index is 3.71. The summed E-state index contributed by atoms with van der Waals surface area (Å²) >= 11 is 0. The first-order chi connectivity index (χ1) is 6.36. The van der Waals surface area contributed by atoms with Gasteiger partial charge in [0.15, 0.2) is 0 Å². The Kier molecular flexibility index (Phi) is 7.21. The van der Waals surface area contributed by atoms with E-state index in [0.717, 1.165) is 13.1 Å². The Labute approximate surface area is 92.7 Å². The molecule has 1 rings (SSSR count). The van der Waals surface area contributed by atoms with Crippen molar-refractivity contribution in [3.8, 4) is 0 Å². The highest BCUT2D eigenvalue weighted by molar-refractivity contribution is 4.73. The predicted octanol–water partition coefficient (Wildman–Crippen LogP) is -0.844. The normalized spacial score (nSPS) is 9.50. The van der Waals surface area contributed by atoms with Gasteiger partial charge in [0.2, 0.25) is 6.33 Å². The molecule has 0 spiro atoms. The van der Waals surface area contributed by atoms with E-state index < -0.39 is 0 Å². The van der Waals surface area contributed by atoms with Crippen LogP contribution in [0.1, 0.15) is 26.2 Å². The van der Waals surface area contributed by atoms with E-state index in [2.05, 4.69) is 41.4 Å². The molecule has 80 valence electrons. The van der Waals surface area contributed by atoms with Crippen LogP contribution in [-0.2, 0) is 13.1 Å². The maximum Gasteiger partial charge on any atom is 0.244 e. The van der Waals surface area contributed by atoms with E-state index in [1.807, 2.05) is 6.08 Å². The zero-order valence-electron chi connectivity index (χ0n) is 8.82. The molecule has 0 bridgehead atoms. The molecule has 0 saturated heterocycles. The van der Waals surface area contributed by atoms with Crippen LogP contribution in [0.5, 0.6) is 0 Å². The van der Waals surface area contributed by atoms with Gasteiger partial charge in [0.25, 0.3) is 0 Å². The van der Waals surface area contributed by atoms with Crippen molar-refractivity contribution in [3.63, 3.8) is 0 Å². The summed E-state index contributed by atoms with van der Waals surface area (Å²) in [6, 6.07) is 0. The van der Waals surface area contributed by atoms with Crippen LogP contribution in [-0.4, -0.2) is 4.57 Å². The fourth-order valence-electron chi connectivity index (χ4n) is 1.37. The van der Waals surface area contributed by atoms with Crippen molar-refractivity contribution >= 4 is 0 Å². The van der Waals surface area contributed by atoms with Gasteiger partial charge < -0.3 is 12.4 Å². The molecule has 14 heavy (non-hydrogen) atoms. The van der Waals surface area contributed by atoms with E-state index in [1.165, 1.54) is 19.3 Å². The summed E-state index contributed by atoms with van der Waals surface area (Å²) in [5, 5.41) is 0. The van der Waals surface area contributed by atoms with Crippen LogP contribution in [0, 0.1) is 0 Å². The zero-order valence-corrected chi connectivity index (χ0v) is 9.58. The van der Waals surface area contributed by atoms with E-state index in [0.29, 0.717) is 0 Å². The molecule has 0 aliphatic rings. The lowest BCUT2D eigenvalue weighted by molar-refractivity contribution is -0.696. The average Bonchev–Trinajstić information content (AvgIpc) is 2.54. The molecule has 0 saturated carbocycles. The second-order valence-electron chi connectivity index (χ2n) is 3.34. The molecule has 1 aromatic heterocycles. The molecular weight excluding hydrogens is 196 g/mol. The first kappa shape index (κ1) is 13.2. The number of allylic oxidation sites excluding steroid dienone is 1. The number of halogens is 1. The van der Waals surface area contributed by atoms with Crippen LogP contribution >= 0.6 is 0 Å². The summed E-state index contributed by atoms with van der Waals surface area (Å²) in [6.07, 6.45) is 12.1. The van der Waals surface area contributed by atoms with Gasteiger partial charge in [-0.25, -0.2) is 9.13 Å². The van der Waals surface area contributed by atoms with Gasteiger partial charge in [-0.1, -0.05) is 26.0 Å². The van der Waals surface area contributed by atoms with Crippen LogP contribution in [0.2, 0.25) is 0 Å². The van der Waals surface area contributed by atoms with Crippen LogP contribution < -0.4 is 17.0 Å². The minimum Gasteiger partial charge on any atom is -1.00 e. The van der Waals surface area contributed by atoms with Gasteiger partial charge in [0, 0.05) is 0 Å². The summed E-state index contributed by atoms with van der Waals surface area (Å²) in [5.41, 5.74) is 0. The third kappa shape index (κ3) is 4.47. The van der Waals surface area contributed by atoms with Crippen LogP contribution in [0.25, 0.3) is 0 Å². The van der Waals surface area contributed by atoms with Crippen molar-refractivity contribution < 1.29 is 17.0 Å². The summed E-state index contributed by atoms with van der Waals surface area (Å²) in [6.45, 7) is 7.98. The number of imidazole rings is 1. The lowest BCUT2D eigenvalue weighted by atomic mass is 10.2. The van der Waals surface area contributed by atoms with E-state index in [1.54, 1.807) is 0 Å². The third-order valence-corrected chi connectivity index (χ3v) is 2.11. The van der Waals surface area contributed by atoms with Gasteiger partial charge >= 0.3 is 0 Å². The lowest BCUT2D eigenvalue weighted by Crippen LogP contribution is -3.00. The lowest BCUT2D eigenvalue weighted by Gasteiger charge is -1.94. The largest absolute Gasteiger partial charge is 1.00 e. The predicted molar refractivity (Wildman–Crippen MR) is 54.3 cm³/mol. The Balaban J connectivity index is 0.00000169. The summed E-state index contributed by atoms with van der Waals surface area (Å²) in [7, 11) is 0. The number of nitrogens with zero attached hydrogens (tertiary/aromatic N) is 2. The fraction of sp³-hybridized carbons (Fsp3) is 0.545. The van der Waals surface area contributed by atoms with E-state index in [4.69, 9.17) is 0 Å². The quantitative estimate of drug-likeness (QED) is 0.332. The molecule has 3 heteroatoms. The highest BCUT2D eigenvalue weighted by Gasteiger charge is 2.00. The molecule has 0 aromatic carbocycles. The minimum absolute atomic E-state index is 0. The topological polar surface area (TPSA) is 8.81 Å². The number of rotatable bonds is 6. The summed E-state index contributed by atoms with van der Waals surface area (Å²) in [5.74, 6) is 0. The van der Waals surface area contributed by atoms with Gasteiger partial charge in [0.1, 0.15) is 18.9 Å². The highest BCUT2D eigenvalue weighted by Crippen LogP contribution is 1.93. The van der Waals surface area contributed by atoms with Gasteiger partial charge in [-0.2, -0.15) is 0 Å². The van der Waals surface area contributed by atoms with Crippen molar-refractivity contribution in [2.75, 3.05) is 0 Å². The molecule has 0 unspecified atom stereocenters. The summed E-state index contributed by atoms with van der Waals surface area (Å²) < 4.78 is 4.37. The number of hydrogen-bond donors (Lipinski definition) is 0. The molecule has 0 aliphatic carbocycles. The van der Waals surface area contributed by atoms with Crippen molar-refractivity contribution in [1.29, 1.82) is 0 Å². The number of aromatic nitrogens is 2. The maximum atomic E-state index is 3.71. The SMILES string of the molecule is C=CCn1cc[n+](CCCCC)c1.[Cl-]. The molecule has 0 aliphatic heterocycles. The monoisotopic (exact) mass is 214 g/mol. The van der Waals surface area contributed by atoms with Gasteiger partial charge in [0.05, 0.1) is 6.54 Å². The van der Waals surface area contributed by atoms with Gasteiger partial charge in [-0.15, -0.1) is 0 Å².